The Hall–Kier alpha value is -3.97. The van der Waals surface area contributed by atoms with E-state index >= 15 is 0 Å². The summed E-state index contributed by atoms with van der Waals surface area (Å²) in [5, 5.41) is 19.2. The number of benzene rings is 1. The SMILES string of the molecule is CCOc1cc2c(cc1/C=C1/C(C)=C(C#N)c3nc(N)c(C#N)c(C)c31)OCO2. The molecule has 1 aliphatic carbocycles. The van der Waals surface area contributed by atoms with Crippen LogP contribution in [0.4, 0.5) is 5.82 Å². The van der Waals surface area contributed by atoms with Gasteiger partial charge in [0.05, 0.1) is 23.4 Å². The van der Waals surface area contributed by atoms with Gasteiger partial charge in [0.2, 0.25) is 6.79 Å². The average Bonchev–Trinajstić information content (AvgIpc) is 3.24. The molecule has 2 aliphatic rings. The van der Waals surface area contributed by atoms with Crippen LogP contribution in [0.1, 0.15) is 41.8 Å². The van der Waals surface area contributed by atoms with Crippen LogP contribution in [0.2, 0.25) is 0 Å². The first-order valence-corrected chi connectivity index (χ1v) is 9.10. The molecule has 0 amide bonds. The van der Waals surface area contributed by atoms with Crippen LogP contribution in [0.3, 0.4) is 0 Å². The monoisotopic (exact) mass is 386 g/mol. The number of hydrogen-bond acceptors (Lipinski definition) is 7. The lowest BCUT2D eigenvalue weighted by molar-refractivity contribution is 0.174. The van der Waals surface area contributed by atoms with Crippen molar-refractivity contribution in [2.45, 2.75) is 20.8 Å². The van der Waals surface area contributed by atoms with E-state index in [2.05, 4.69) is 17.1 Å². The molecule has 1 aromatic carbocycles. The maximum Gasteiger partial charge on any atom is 0.231 e. The molecule has 2 N–H and O–H groups in total. The number of fused-ring (bicyclic) bond motifs is 2. The Kier molecular flexibility index (Phi) is 4.37. The summed E-state index contributed by atoms with van der Waals surface area (Å²) < 4.78 is 16.8. The van der Waals surface area contributed by atoms with E-state index in [1.165, 1.54) is 0 Å². The van der Waals surface area contributed by atoms with Gasteiger partial charge in [-0.05, 0) is 49.6 Å². The van der Waals surface area contributed by atoms with Crippen LogP contribution in [0.25, 0.3) is 17.2 Å². The van der Waals surface area contributed by atoms with Gasteiger partial charge in [-0.25, -0.2) is 4.98 Å². The van der Waals surface area contributed by atoms with Gasteiger partial charge in [0.15, 0.2) is 11.5 Å². The molecule has 7 nitrogen and oxygen atoms in total. The molecule has 0 unspecified atom stereocenters. The van der Waals surface area contributed by atoms with Crippen LogP contribution in [0.5, 0.6) is 17.2 Å². The van der Waals surface area contributed by atoms with E-state index in [4.69, 9.17) is 19.9 Å². The Morgan fingerprint density at radius 1 is 1.21 bits per heavy atom. The zero-order valence-corrected chi connectivity index (χ0v) is 16.3. The lowest BCUT2D eigenvalue weighted by atomic mass is 9.95. The molecule has 0 saturated heterocycles. The van der Waals surface area contributed by atoms with Crippen LogP contribution < -0.4 is 19.9 Å². The minimum Gasteiger partial charge on any atom is -0.493 e. The number of nitrogen functional groups attached to an aromatic ring is 1. The number of rotatable bonds is 3. The Bertz CT molecular complexity index is 1200. The van der Waals surface area contributed by atoms with Crippen molar-refractivity contribution >= 4 is 23.0 Å². The highest BCUT2D eigenvalue weighted by atomic mass is 16.7. The van der Waals surface area contributed by atoms with Crippen molar-refractivity contribution in [1.29, 1.82) is 10.5 Å². The number of pyridine rings is 1. The first-order chi connectivity index (χ1) is 14.0. The molecule has 0 bridgehead atoms. The molecule has 1 aliphatic heterocycles. The highest BCUT2D eigenvalue weighted by Crippen LogP contribution is 2.46. The lowest BCUT2D eigenvalue weighted by Crippen LogP contribution is -2.04. The summed E-state index contributed by atoms with van der Waals surface area (Å²) >= 11 is 0. The summed E-state index contributed by atoms with van der Waals surface area (Å²) in [4.78, 5) is 4.35. The first-order valence-electron chi connectivity index (χ1n) is 9.10. The minimum atomic E-state index is 0.128. The number of hydrogen-bond donors (Lipinski definition) is 1. The predicted molar refractivity (Wildman–Crippen MR) is 108 cm³/mol. The van der Waals surface area contributed by atoms with Gasteiger partial charge in [0.1, 0.15) is 23.7 Å². The summed E-state index contributed by atoms with van der Waals surface area (Å²) in [5.74, 6) is 2.03. The molecule has 2 heterocycles. The number of allylic oxidation sites excluding steroid dienone is 3. The minimum absolute atomic E-state index is 0.128. The molecule has 29 heavy (non-hydrogen) atoms. The third-order valence-electron chi connectivity index (χ3n) is 5.09. The molecule has 7 heteroatoms. The van der Waals surface area contributed by atoms with E-state index in [1.807, 2.05) is 32.9 Å². The second-order valence-electron chi connectivity index (χ2n) is 6.68. The third kappa shape index (κ3) is 2.76. The summed E-state index contributed by atoms with van der Waals surface area (Å²) in [6, 6.07) is 7.98. The third-order valence-corrected chi connectivity index (χ3v) is 5.09. The van der Waals surface area contributed by atoms with Crippen molar-refractivity contribution in [2.24, 2.45) is 0 Å². The largest absolute Gasteiger partial charge is 0.493 e. The second-order valence-corrected chi connectivity index (χ2v) is 6.68. The number of nitrogens with two attached hydrogens (primary N) is 1. The number of nitrogens with zero attached hydrogens (tertiary/aromatic N) is 3. The molecule has 144 valence electrons. The summed E-state index contributed by atoms with van der Waals surface area (Å²) in [5.41, 5.74) is 11.0. The fourth-order valence-electron chi connectivity index (χ4n) is 3.68. The van der Waals surface area contributed by atoms with Crippen LogP contribution in [-0.4, -0.2) is 18.4 Å². The zero-order chi connectivity index (χ0) is 20.7. The Balaban J connectivity index is 1.98. The van der Waals surface area contributed by atoms with Gasteiger partial charge in [0.25, 0.3) is 0 Å². The molecule has 0 spiro atoms. The van der Waals surface area contributed by atoms with E-state index in [1.54, 1.807) is 6.07 Å². The van der Waals surface area contributed by atoms with Crippen molar-refractivity contribution < 1.29 is 14.2 Å². The van der Waals surface area contributed by atoms with E-state index in [-0.39, 0.29) is 12.6 Å². The molecule has 1 aromatic heterocycles. The van der Waals surface area contributed by atoms with Crippen molar-refractivity contribution in [3.8, 4) is 29.4 Å². The van der Waals surface area contributed by atoms with Crippen molar-refractivity contribution in [3.63, 3.8) is 0 Å². The average molecular weight is 386 g/mol. The van der Waals surface area contributed by atoms with Gasteiger partial charge in [-0.3, -0.25) is 0 Å². The molecule has 0 atom stereocenters. The highest BCUT2D eigenvalue weighted by Gasteiger charge is 2.30. The summed E-state index contributed by atoms with van der Waals surface area (Å²) in [6.45, 7) is 6.23. The summed E-state index contributed by atoms with van der Waals surface area (Å²) in [6.07, 6.45) is 1.93. The van der Waals surface area contributed by atoms with Crippen LogP contribution >= 0.6 is 0 Å². The normalized spacial score (nSPS) is 15.3. The van der Waals surface area contributed by atoms with Crippen molar-refractivity contribution in [3.05, 3.63) is 45.7 Å². The van der Waals surface area contributed by atoms with E-state index < -0.39 is 0 Å². The quantitative estimate of drug-likeness (QED) is 0.852. The van der Waals surface area contributed by atoms with E-state index in [9.17, 15) is 10.5 Å². The van der Waals surface area contributed by atoms with Gasteiger partial charge in [-0.2, -0.15) is 10.5 Å². The van der Waals surface area contributed by atoms with Gasteiger partial charge in [0, 0.05) is 17.2 Å². The Labute approximate surface area is 168 Å². The van der Waals surface area contributed by atoms with Crippen LogP contribution in [0.15, 0.2) is 17.7 Å². The van der Waals surface area contributed by atoms with Crippen molar-refractivity contribution in [2.75, 3.05) is 19.1 Å². The second kappa shape index (κ2) is 6.88. The maximum absolute atomic E-state index is 9.70. The number of ether oxygens (including phenoxy) is 3. The van der Waals surface area contributed by atoms with Crippen LogP contribution in [0, 0.1) is 29.6 Å². The zero-order valence-electron chi connectivity index (χ0n) is 16.3. The molecule has 0 fully saturated rings. The van der Waals surface area contributed by atoms with Crippen molar-refractivity contribution in [1.82, 2.24) is 4.98 Å². The fraction of sp³-hybridized carbons (Fsp3) is 0.227. The molecular formula is C22H18N4O3. The number of nitriles is 2. The lowest BCUT2D eigenvalue weighted by Gasteiger charge is -2.13. The van der Waals surface area contributed by atoms with Gasteiger partial charge in [-0.1, -0.05) is 0 Å². The van der Waals surface area contributed by atoms with E-state index in [0.717, 1.165) is 22.3 Å². The Morgan fingerprint density at radius 2 is 1.93 bits per heavy atom. The topological polar surface area (TPSA) is 114 Å². The standard InChI is InChI=1S/C22H18N4O3/c1-4-27-17-7-19-18(28-10-29-19)6-13(17)5-14-11(2)15(8-23)21-20(14)12(3)16(9-24)22(25)26-21/h5-7H,4,10H2,1-3H3,(H2,25,26)/b14-5-. The first kappa shape index (κ1) is 18.4. The summed E-state index contributed by atoms with van der Waals surface area (Å²) in [7, 11) is 0. The molecule has 0 saturated carbocycles. The van der Waals surface area contributed by atoms with Crippen LogP contribution in [-0.2, 0) is 0 Å². The maximum atomic E-state index is 9.70. The molecule has 2 aromatic rings. The molecule has 4 rings (SSSR count). The van der Waals surface area contributed by atoms with Gasteiger partial charge in [-0.15, -0.1) is 0 Å². The smallest absolute Gasteiger partial charge is 0.231 e. The predicted octanol–water partition coefficient (Wildman–Crippen LogP) is 3.82. The number of aromatic nitrogens is 1. The highest BCUT2D eigenvalue weighted by molar-refractivity contribution is 6.09. The van der Waals surface area contributed by atoms with Gasteiger partial charge < -0.3 is 19.9 Å². The van der Waals surface area contributed by atoms with Gasteiger partial charge >= 0.3 is 0 Å². The van der Waals surface area contributed by atoms with E-state index in [0.29, 0.717) is 46.2 Å². The molecular weight excluding hydrogens is 368 g/mol. The molecule has 0 radical (unpaired) electrons. The number of anilines is 1. The Morgan fingerprint density at radius 3 is 2.59 bits per heavy atom. The fourth-order valence-corrected chi connectivity index (χ4v) is 3.68.